The van der Waals surface area contributed by atoms with E-state index in [0.717, 1.165) is 15.2 Å². The number of hydrazine groups is 1. The van der Waals surface area contributed by atoms with E-state index in [1.807, 2.05) is 11.4 Å². The summed E-state index contributed by atoms with van der Waals surface area (Å²) < 4.78 is 1.06. The fraction of sp³-hybridized carbons (Fsp3) is 0.500. The standard InChI is InChI=1S/C10H14BrN3S/c11-8-5-6-15-9(8)10(14-12)13-7-3-1-2-4-7/h5-7H,1-4,12H2,(H,13,14). The Morgan fingerprint density at radius 3 is 2.80 bits per heavy atom. The molecular formula is C10H14BrN3S. The average molecular weight is 288 g/mol. The van der Waals surface area contributed by atoms with E-state index in [1.165, 1.54) is 25.7 Å². The molecular weight excluding hydrogens is 274 g/mol. The van der Waals surface area contributed by atoms with Gasteiger partial charge in [0.05, 0.1) is 10.9 Å². The smallest absolute Gasteiger partial charge is 0.154 e. The van der Waals surface area contributed by atoms with Gasteiger partial charge >= 0.3 is 0 Å². The van der Waals surface area contributed by atoms with Crippen LogP contribution in [0.25, 0.3) is 0 Å². The number of rotatable bonds is 2. The van der Waals surface area contributed by atoms with Crippen molar-refractivity contribution < 1.29 is 0 Å². The summed E-state index contributed by atoms with van der Waals surface area (Å²) in [6.45, 7) is 0. The molecule has 0 amide bonds. The molecule has 0 atom stereocenters. The van der Waals surface area contributed by atoms with Crippen LogP contribution in [-0.2, 0) is 0 Å². The normalized spacial score (nSPS) is 18.4. The molecule has 3 nitrogen and oxygen atoms in total. The van der Waals surface area contributed by atoms with Gasteiger partial charge in [0.15, 0.2) is 5.84 Å². The summed E-state index contributed by atoms with van der Waals surface area (Å²) >= 11 is 5.14. The number of nitrogens with two attached hydrogens (primary N) is 1. The Bertz CT molecular complexity index is 355. The van der Waals surface area contributed by atoms with Gasteiger partial charge in [-0.15, -0.1) is 11.3 Å². The molecule has 15 heavy (non-hydrogen) atoms. The Labute approximate surface area is 102 Å². The van der Waals surface area contributed by atoms with E-state index in [0.29, 0.717) is 6.04 Å². The second-order valence-electron chi connectivity index (χ2n) is 3.66. The van der Waals surface area contributed by atoms with Crippen molar-refractivity contribution in [1.29, 1.82) is 0 Å². The first kappa shape index (κ1) is 11.1. The van der Waals surface area contributed by atoms with E-state index in [1.54, 1.807) is 11.3 Å². The van der Waals surface area contributed by atoms with Gasteiger partial charge in [-0.3, -0.25) is 4.99 Å². The quantitative estimate of drug-likeness (QED) is 0.380. The lowest BCUT2D eigenvalue weighted by atomic mass is 10.2. The van der Waals surface area contributed by atoms with Crippen molar-refractivity contribution in [2.24, 2.45) is 10.8 Å². The summed E-state index contributed by atoms with van der Waals surface area (Å²) in [5.74, 6) is 6.33. The summed E-state index contributed by atoms with van der Waals surface area (Å²) in [5.41, 5.74) is 2.70. The zero-order valence-electron chi connectivity index (χ0n) is 8.37. The predicted octanol–water partition coefficient (Wildman–Crippen LogP) is 2.66. The van der Waals surface area contributed by atoms with Crippen molar-refractivity contribution in [3.05, 3.63) is 20.8 Å². The van der Waals surface area contributed by atoms with Crippen molar-refractivity contribution in [2.75, 3.05) is 0 Å². The number of halogens is 1. The zero-order chi connectivity index (χ0) is 10.7. The predicted molar refractivity (Wildman–Crippen MR) is 68.1 cm³/mol. The molecule has 0 bridgehead atoms. The Kier molecular flexibility index (Phi) is 3.77. The van der Waals surface area contributed by atoms with E-state index in [4.69, 9.17) is 5.84 Å². The molecule has 5 heteroatoms. The van der Waals surface area contributed by atoms with Crippen LogP contribution in [0.5, 0.6) is 0 Å². The van der Waals surface area contributed by atoms with E-state index >= 15 is 0 Å². The Morgan fingerprint density at radius 1 is 1.53 bits per heavy atom. The summed E-state index contributed by atoms with van der Waals surface area (Å²) in [7, 11) is 0. The lowest BCUT2D eigenvalue weighted by Gasteiger charge is -2.08. The van der Waals surface area contributed by atoms with Crippen LogP contribution in [0.2, 0.25) is 0 Å². The first-order chi connectivity index (χ1) is 7.31. The average Bonchev–Trinajstić information content (AvgIpc) is 2.85. The summed E-state index contributed by atoms with van der Waals surface area (Å²) in [6.07, 6.45) is 4.96. The van der Waals surface area contributed by atoms with Gasteiger partial charge in [0.25, 0.3) is 0 Å². The number of thiophene rings is 1. The Balaban J connectivity index is 2.19. The summed E-state index contributed by atoms with van der Waals surface area (Å²) in [5, 5.41) is 2.03. The van der Waals surface area contributed by atoms with Crippen molar-refractivity contribution in [2.45, 2.75) is 31.7 Å². The highest BCUT2D eigenvalue weighted by molar-refractivity contribution is 9.10. The van der Waals surface area contributed by atoms with Crippen molar-refractivity contribution in [3.63, 3.8) is 0 Å². The van der Waals surface area contributed by atoms with Gasteiger partial charge in [-0.1, -0.05) is 12.8 Å². The van der Waals surface area contributed by atoms with E-state index in [2.05, 4.69) is 26.3 Å². The minimum atomic E-state index is 0.449. The molecule has 2 rings (SSSR count). The molecule has 82 valence electrons. The van der Waals surface area contributed by atoms with Crippen LogP contribution in [0.15, 0.2) is 20.9 Å². The van der Waals surface area contributed by atoms with Crippen LogP contribution in [-0.4, -0.2) is 11.9 Å². The number of amidine groups is 1. The molecule has 0 unspecified atom stereocenters. The molecule has 1 heterocycles. The highest BCUT2D eigenvalue weighted by atomic mass is 79.9. The van der Waals surface area contributed by atoms with Gasteiger partial charge < -0.3 is 5.43 Å². The molecule has 1 aliphatic rings. The zero-order valence-corrected chi connectivity index (χ0v) is 10.8. The number of hydrogen-bond donors (Lipinski definition) is 2. The number of nitrogens with zero attached hydrogens (tertiary/aromatic N) is 1. The van der Waals surface area contributed by atoms with Crippen molar-refractivity contribution >= 4 is 33.1 Å². The van der Waals surface area contributed by atoms with E-state index < -0.39 is 0 Å². The second-order valence-corrected chi connectivity index (χ2v) is 5.43. The Hall–Kier alpha value is -0.390. The highest BCUT2D eigenvalue weighted by Gasteiger charge is 2.16. The highest BCUT2D eigenvalue weighted by Crippen LogP contribution is 2.25. The van der Waals surface area contributed by atoms with Gasteiger partial charge in [-0.2, -0.15) is 0 Å². The minimum absolute atomic E-state index is 0.449. The first-order valence-corrected chi connectivity index (χ1v) is 6.76. The second kappa shape index (κ2) is 5.09. The molecule has 0 saturated heterocycles. The molecule has 1 aromatic heterocycles. The molecule has 0 aromatic carbocycles. The number of nitrogens with one attached hydrogen (secondary N) is 1. The van der Waals surface area contributed by atoms with Gasteiger partial charge in [-0.05, 0) is 40.2 Å². The Morgan fingerprint density at radius 2 is 2.27 bits per heavy atom. The molecule has 0 spiro atoms. The largest absolute Gasteiger partial charge is 0.308 e. The van der Waals surface area contributed by atoms with Crippen LogP contribution in [0, 0.1) is 0 Å². The van der Waals surface area contributed by atoms with Gasteiger partial charge in [0.2, 0.25) is 0 Å². The lowest BCUT2D eigenvalue weighted by Crippen LogP contribution is -2.31. The maximum absolute atomic E-state index is 5.52. The summed E-state index contributed by atoms with van der Waals surface area (Å²) in [6, 6.07) is 2.46. The topological polar surface area (TPSA) is 50.4 Å². The van der Waals surface area contributed by atoms with Crippen molar-refractivity contribution in [1.82, 2.24) is 5.43 Å². The van der Waals surface area contributed by atoms with Crippen LogP contribution in [0.4, 0.5) is 0 Å². The molecule has 1 aliphatic carbocycles. The van der Waals surface area contributed by atoms with E-state index in [-0.39, 0.29) is 0 Å². The number of aliphatic imine (C=N–C) groups is 1. The van der Waals surface area contributed by atoms with Gasteiger partial charge in [0.1, 0.15) is 0 Å². The molecule has 1 saturated carbocycles. The monoisotopic (exact) mass is 287 g/mol. The fourth-order valence-electron chi connectivity index (χ4n) is 1.84. The minimum Gasteiger partial charge on any atom is -0.308 e. The molecule has 0 aliphatic heterocycles. The fourth-order valence-corrected chi connectivity index (χ4v) is 3.36. The number of hydrogen-bond acceptors (Lipinski definition) is 3. The van der Waals surface area contributed by atoms with Crippen LogP contribution < -0.4 is 11.3 Å². The summed E-state index contributed by atoms with van der Waals surface area (Å²) in [4.78, 5) is 5.75. The maximum Gasteiger partial charge on any atom is 0.154 e. The van der Waals surface area contributed by atoms with E-state index in [9.17, 15) is 0 Å². The van der Waals surface area contributed by atoms with Gasteiger partial charge in [-0.25, -0.2) is 5.84 Å². The van der Waals surface area contributed by atoms with Crippen LogP contribution in [0.3, 0.4) is 0 Å². The molecule has 3 N–H and O–H groups in total. The molecule has 1 fully saturated rings. The van der Waals surface area contributed by atoms with Crippen molar-refractivity contribution in [3.8, 4) is 0 Å². The third kappa shape index (κ3) is 2.59. The van der Waals surface area contributed by atoms with Gasteiger partial charge in [0, 0.05) is 4.47 Å². The van der Waals surface area contributed by atoms with Crippen LogP contribution in [0.1, 0.15) is 30.6 Å². The maximum atomic E-state index is 5.52. The molecule has 1 aromatic rings. The first-order valence-electron chi connectivity index (χ1n) is 5.09. The lowest BCUT2D eigenvalue weighted by molar-refractivity contribution is 0.701. The molecule has 0 radical (unpaired) electrons. The third-order valence-corrected chi connectivity index (χ3v) is 4.45. The third-order valence-electron chi connectivity index (χ3n) is 2.61. The SMILES string of the molecule is NNC(=NC1CCCC1)c1sccc1Br. The van der Waals surface area contributed by atoms with Crippen LogP contribution >= 0.6 is 27.3 Å².